The second-order valence-corrected chi connectivity index (χ2v) is 6.52. The lowest BCUT2D eigenvalue weighted by Crippen LogP contribution is -2.38. The van der Waals surface area contributed by atoms with Gasteiger partial charge in [-0.2, -0.15) is 0 Å². The van der Waals surface area contributed by atoms with E-state index < -0.39 is 48.0 Å². The van der Waals surface area contributed by atoms with Crippen LogP contribution in [0.2, 0.25) is 0 Å². The molecule has 6 nitrogen and oxygen atoms in total. The topological polar surface area (TPSA) is 84.5 Å². The summed E-state index contributed by atoms with van der Waals surface area (Å²) in [4.78, 5) is 35.8. The summed E-state index contributed by atoms with van der Waals surface area (Å²) in [6, 6.07) is 11.9. The molecule has 2 aromatic rings. The zero-order chi connectivity index (χ0) is 20.7. The molecule has 0 heterocycles. The van der Waals surface area contributed by atoms with Crippen molar-refractivity contribution in [3.63, 3.8) is 0 Å². The molecular weight excluding hydrogens is 370 g/mol. The number of ether oxygens (including phenoxy) is 1. The molecule has 0 bridgehead atoms. The van der Waals surface area contributed by atoms with Crippen LogP contribution in [0.4, 0.5) is 14.5 Å². The lowest BCUT2D eigenvalue weighted by molar-refractivity contribution is -0.153. The molecule has 0 fully saturated rings. The van der Waals surface area contributed by atoms with E-state index >= 15 is 0 Å². The summed E-state index contributed by atoms with van der Waals surface area (Å²) in [6.07, 6.45) is 0. The van der Waals surface area contributed by atoms with E-state index in [2.05, 4.69) is 10.6 Å². The van der Waals surface area contributed by atoms with Crippen molar-refractivity contribution in [2.75, 3.05) is 18.5 Å². The van der Waals surface area contributed by atoms with Crippen LogP contribution in [0.25, 0.3) is 0 Å². The van der Waals surface area contributed by atoms with E-state index in [-0.39, 0.29) is 5.69 Å². The number of halogens is 2. The van der Waals surface area contributed by atoms with E-state index in [0.29, 0.717) is 0 Å². The van der Waals surface area contributed by atoms with E-state index in [4.69, 9.17) is 4.74 Å². The van der Waals surface area contributed by atoms with E-state index in [0.717, 1.165) is 17.7 Å². The molecule has 148 valence electrons. The first-order valence-corrected chi connectivity index (χ1v) is 8.44. The summed E-state index contributed by atoms with van der Waals surface area (Å²) in [5.74, 6) is -4.03. The molecule has 0 aliphatic carbocycles. The normalized spacial score (nSPS) is 10.9. The Morgan fingerprint density at radius 1 is 0.964 bits per heavy atom. The average Bonchev–Trinajstić information content (AvgIpc) is 2.68. The molecular formula is C20H20F2N2O4. The molecule has 2 aromatic carbocycles. The average molecular weight is 390 g/mol. The van der Waals surface area contributed by atoms with Crippen molar-refractivity contribution < 1.29 is 27.9 Å². The van der Waals surface area contributed by atoms with E-state index in [1.54, 1.807) is 38.1 Å². The number of carbonyl (C=O) groups excluding carboxylic acids is 3. The van der Waals surface area contributed by atoms with Crippen molar-refractivity contribution >= 4 is 23.5 Å². The summed E-state index contributed by atoms with van der Waals surface area (Å²) in [7, 11) is 0. The fraction of sp³-hybridized carbons (Fsp3) is 0.250. The smallest absolute Gasteiger partial charge is 0.316 e. The third-order valence-corrected chi connectivity index (χ3v) is 3.99. The minimum atomic E-state index is -1.10. The van der Waals surface area contributed by atoms with Crippen molar-refractivity contribution in [3.05, 3.63) is 65.7 Å². The Morgan fingerprint density at radius 3 is 2.29 bits per heavy atom. The Bertz CT molecular complexity index is 870. The number of amides is 2. The molecule has 0 spiro atoms. The third kappa shape index (κ3) is 5.60. The maximum Gasteiger partial charge on any atom is 0.316 e. The Hall–Kier alpha value is -3.29. The second-order valence-electron chi connectivity index (χ2n) is 6.52. The lowest BCUT2D eigenvalue weighted by atomic mass is 9.85. The van der Waals surface area contributed by atoms with Gasteiger partial charge in [0.05, 0.1) is 12.0 Å². The highest BCUT2D eigenvalue weighted by atomic mass is 19.2. The molecule has 2 rings (SSSR count). The van der Waals surface area contributed by atoms with Crippen LogP contribution in [-0.4, -0.2) is 30.9 Å². The fourth-order valence-corrected chi connectivity index (χ4v) is 2.29. The van der Waals surface area contributed by atoms with Crippen molar-refractivity contribution in [1.82, 2.24) is 5.32 Å². The van der Waals surface area contributed by atoms with Crippen LogP contribution < -0.4 is 10.6 Å². The molecule has 2 amide bonds. The van der Waals surface area contributed by atoms with Gasteiger partial charge in [-0.15, -0.1) is 0 Å². The van der Waals surface area contributed by atoms with Gasteiger partial charge in [-0.05, 0) is 31.5 Å². The van der Waals surface area contributed by atoms with Gasteiger partial charge in [0.2, 0.25) is 5.91 Å². The lowest BCUT2D eigenvalue weighted by Gasteiger charge is -2.22. The summed E-state index contributed by atoms with van der Waals surface area (Å²) in [5, 5.41) is 4.59. The number of hydrogen-bond donors (Lipinski definition) is 2. The Balaban J connectivity index is 1.78. The van der Waals surface area contributed by atoms with Crippen LogP contribution >= 0.6 is 0 Å². The van der Waals surface area contributed by atoms with E-state index in [1.807, 2.05) is 6.07 Å². The molecule has 0 saturated carbocycles. The van der Waals surface area contributed by atoms with E-state index in [9.17, 15) is 23.2 Å². The number of carbonyl (C=O) groups is 3. The first-order chi connectivity index (χ1) is 13.2. The number of anilines is 1. The Labute approximate surface area is 160 Å². The zero-order valence-corrected chi connectivity index (χ0v) is 15.4. The molecule has 0 atom stereocenters. The van der Waals surface area contributed by atoms with Gasteiger partial charge in [0.1, 0.15) is 0 Å². The number of hydrogen-bond acceptors (Lipinski definition) is 4. The largest absolute Gasteiger partial charge is 0.455 e. The monoisotopic (exact) mass is 390 g/mol. The molecule has 0 aliphatic heterocycles. The predicted octanol–water partition coefficient (Wildman–Crippen LogP) is 2.54. The summed E-state index contributed by atoms with van der Waals surface area (Å²) in [5.41, 5.74) is -0.147. The van der Waals surface area contributed by atoms with Crippen LogP contribution in [0, 0.1) is 11.6 Å². The molecule has 0 radical (unpaired) electrons. The summed E-state index contributed by atoms with van der Waals surface area (Å²) >= 11 is 0. The first kappa shape index (κ1) is 21.0. The molecule has 0 unspecified atom stereocenters. The number of benzene rings is 2. The minimum Gasteiger partial charge on any atom is -0.455 e. The number of nitrogens with one attached hydrogen (secondary N) is 2. The maximum atomic E-state index is 13.1. The summed E-state index contributed by atoms with van der Waals surface area (Å²) < 4.78 is 31.0. The first-order valence-electron chi connectivity index (χ1n) is 8.44. The van der Waals surface area contributed by atoms with Gasteiger partial charge < -0.3 is 15.4 Å². The van der Waals surface area contributed by atoms with Crippen LogP contribution in [0.1, 0.15) is 19.4 Å². The predicted molar refractivity (Wildman–Crippen MR) is 98.4 cm³/mol. The van der Waals surface area contributed by atoms with Crippen LogP contribution in [0.5, 0.6) is 0 Å². The van der Waals surface area contributed by atoms with Crippen molar-refractivity contribution in [2.45, 2.75) is 19.3 Å². The minimum absolute atomic E-state index is 0.0502. The second kappa shape index (κ2) is 9.07. The highest BCUT2D eigenvalue weighted by Crippen LogP contribution is 2.24. The van der Waals surface area contributed by atoms with Crippen LogP contribution in [-0.2, 0) is 24.5 Å². The Kier molecular flexibility index (Phi) is 6.81. The van der Waals surface area contributed by atoms with E-state index in [1.165, 1.54) is 6.07 Å². The van der Waals surface area contributed by atoms with Gasteiger partial charge in [0, 0.05) is 11.8 Å². The highest BCUT2D eigenvalue weighted by Gasteiger charge is 2.31. The number of esters is 1. The maximum absolute atomic E-state index is 13.1. The SMILES string of the molecule is CC(C)(C(=O)OCC(=O)NCC(=O)Nc1ccc(F)c(F)c1)c1ccccc1. The summed E-state index contributed by atoms with van der Waals surface area (Å²) in [6.45, 7) is 2.39. The van der Waals surface area contributed by atoms with Gasteiger partial charge in [-0.25, -0.2) is 8.78 Å². The highest BCUT2D eigenvalue weighted by molar-refractivity contribution is 5.95. The van der Waals surface area contributed by atoms with Gasteiger partial charge in [0.25, 0.3) is 5.91 Å². The van der Waals surface area contributed by atoms with Gasteiger partial charge >= 0.3 is 5.97 Å². The third-order valence-electron chi connectivity index (χ3n) is 3.99. The zero-order valence-electron chi connectivity index (χ0n) is 15.4. The Morgan fingerprint density at radius 2 is 1.64 bits per heavy atom. The van der Waals surface area contributed by atoms with Crippen LogP contribution in [0.3, 0.4) is 0 Å². The fourth-order valence-electron chi connectivity index (χ4n) is 2.29. The van der Waals surface area contributed by atoms with Gasteiger partial charge in [-0.1, -0.05) is 30.3 Å². The molecule has 28 heavy (non-hydrogen) atoms. The molecule has 2 N–H and O–H groups in total. The van der Waals surface area contributed by atoms with Crippen molar-refractivity contribution in [1.29, 1.82) is 0 Å². The molecule has 8 heteroatoms. The van der Waals surface area contributed by atoms with Gasteiger partial charge in [-0.3, -0.25) is 14.4 Å². The molecule has 0 aliphatic rings. The van der Waals surface area contributed by atoms with Gasteiger partial charge in [0.15, 0.2) is 18.2 Å². The van der Waals surface area contributed by atoms with Crippen molar-refractivity contribution in [3.8, 4) is 0 Å². The van der Waals surface area contributed by atoms with Crippen molar-refractivity contribution in [2.24, 2.45) is 0 Å². The molecule has 0 saturated heterocycles. The van der Waals surface area contributed by atoms with Crippen LogP contribution in [0.15, 0.2) is 48.5 Å². The number of rotatable bonds is 7. The standard InChI is InChI=1S/C20H20F2N2O4/c1-20(2,13-6-4-3-5-7-13)19(27)28-12-18(26)23-11-17(25)24-14-8-9-15(21)16(22)10-14/h3-10H,11-12H2,1-2H3,(H,23,26)(H,24,25). The molecule has 0 aromatic heterocycles. The quantitative estimate of drug-likeness (QED) is 0.712.